The number of halogens is 3. The Morgan fingerprint density at radius 3 is 1.87 bits per heavy atom. The van der Waals surface area contributed by atoms with Gasteiger partial charge >= 0.3 is 18.1 Å². The molecule has 1 aliphatic heterocycles. The normalized spacial score (nSPS) is 16.8. The molecule has 2 rings (SSSR count). The molecule has 1 aromatic carbocycles. The van der Waals surface area contributed by atoms with E-state index in [-0.39, 0.29) is 0 Å². The number of hydrogen-bond acceptors (Lipinski definition) is 3. The smallest absolute Gasteiger partial charge is 0.480 e. The second-order valence-electron chi connectivity index (χ2n) is 5.05. The predicted octanol–water partition coefficient (Wildman–Crippen LogP) is 2.93. The van der Waals surface area contributed by atoms with E-state index in [9.17, 15) is 23.1 Å². The summed E-state index contributed by atoms with van der Waals surface area (Å²) in [5.74, 6) is -3.50. The van der Waals surface area contributed by atoms with E-state index < -0.39 is 24.2 Å². The Morgan fingerprint density at radius 1 is 1.00 bits per heavy atom. The lowest BCUT2D eigenvalue weighted by Crippen LogP contribution is -2.37. The maximum Gasteiger partial charge on any atom is 0.490 e. The lowest BCUT2D eigenvalue weighted by atomic mass is 10.0. The first-order valence-corrected chi connectivity index (χ1v) is 7.05. The minimum absolute atomic E-state index is 0.471. The van der Waals surface area contributed by atoms with Gasteiger partial charge in [-0.25, -0.2) is 4.79 Å². The zero-order valence-corrected chi connectivity index (χ0v) is 12.3. The Morgan fingerprint density at radius 2 is 1.48 bits per heavy atom. The number of rotatable bonds is 3. The average molecular weight is 333 g/mol. The summed E-state index contributed by atoms with van der Waals surface area (Å²) in [5, 5.41) is 16.5. The number of likely N-dealkylation sites (tertiary alicyclic amines) is 1. The predicted molar refractivity (Wildman–Crippen MR) is 75.9 cm³/mol. The topological polar surface area (TPSA) is 77.8 Å². The molecule has 1 fully saturated rings. The van der Waals surface area contributed by atoms with Gasteiger partial charge in [-0.15, -0.1) is 0 Å². The molecule has 0 unspecified atom stereocenters. The molecule has 5 nitrogen and oxygen atoms in total. The summed E-state index contributed by atoms with van der Waals surface area (Å²) in [6.45, 7) is 1.79. The van der Waals surface area contributed by atoms with Gasteiger partial charge in [0, 0.05) is 0 Å². The highest BCUT2D eigenvalue weighted by molar-refractivity contribution is 5.75. The van der Waals surface area contributed by atoms with Crippen LogP contribution < -0.4 is 0 Å². The number of hydrogen-bond donors (Lipinski definition) is 2. The van der Waals surface area contributed by atoms with Crippen molar-refractivity contribution >= 4 is 11.9 Å². The molecule has 8 heteroatoms. The Kier molecular flexibility index (Phi) is 7.02. The van der Waals surface area contributed by atoms with Crippen LogP contribution in [0.3, 0.4) is 0 Å². The first-order valence-electron chi connectivity index (χ1n) is 7.05. The number of piperidine rings is 1. The molecular weight excluding hydrogens is 315 g/mol. The number of benzene rings is 1. The van der Waals surface area contributed by atoms with Crippen molar-refractivity contribution in [3.63, 3.8) is 0 Å². The van der Waals surface area contributed by atoms with Crippen molar-refractivity contribution in [1.82, 2.24) is 4.90 Å². The lowest BCUT2D eigenvalue weighted by Gasteiger charge is -2.32. The minimum atomic E-state index is -5.08. The molecular formula is C15H18F3NO4. The molecule has 1 aliphatic rings. The largest absolute Gasteiger partial charge is 0.490 e. The van der Waals surface area contributed by atoms with Gasteiger partial charge in [0.2, 0.25) is 0 Å². The molecule has 1 atom stereocenters. The van der Waals surface area contributed by atoms with Gasteiger partial charge in [0.15, 0.2) is 0 Å². The van der Waals surface area contributed by atoms with Crippen molar-refractivity contribution < 1.29 is 33.0 Å². The maximum absolute atomic E-state index is 11.4. The van der Waals surface area contributed by atoms with E-state index in [0.717, 1.165) is 31.5 Å². The molecule has 1 heterocycles. The van der Waals surface area contributed by atoms with Crippen LogP contribution in [-0.4, -0.2) is 46.3 Å². The first-order chi connectivity index (χ1) is 10.7. The van der Waals surface area contributed by atoms with Crippen molar-refractivity contribution in [2.75, 3.05) is 13.1 Å². The average Bonchev–Trinajstić information content (AvgIpc) is 2.49. The zero-order valence-electron chi connectivity index (χ0n) is 12.3. The van der Waals surface area contributed by atoms with Gasteiger partial charge in [-0.2, -0.15) is 13.2 Å². The molecule has 23 heavy (non-hydrogen) atoms. The zero-order chi connectivity index (χ0) is 17.5. The summed E-state index contributed by atoms with van der Waals surface area (Å²) >= 11 is 0. The van der Waals surface area contributed by atoms with Gasteiger partial charge in [0.1, 0.15) is 6.04 Å². The van der Waals surface area contributed by atoms with Crippen LogP contribution in [0, 0.1) is 0 Å². The molecule has 0 amide bonds. The number of carboxylic acid groups (broad SMARTS) is 2. The Hall–Kier alpha value is -2.09. The molecule has 1 saturated heterocycles. The molecule has 0 bridgehead atoms. The third-order valence-corrected chi connectivity index (χ3v) is 3.35. The van der Waals surface area contributed by atoms with Gasteiger partial charge in [-0.1, -0.05) is 36.8 Å². The van der Waals surface area contributed by atoms with Crippen LogP contribution in [0.25, 0.3) is 0 Å². The number of alkyl halides is 3. The molecule has 0 saturated carbocycles. The summed E-state index contributed by atoms with van der Waals surface area (Å²) in [7, 11) is 0. The summed E-state index contributed by atoms with van der Waals surface area (Å²) in [6.07, 6.45) is -1.65. The molecule has 128 valence electrons. The number of carbonyl (C=O) groups is 2. The van der Waals surface area contributed by atoms with Crippen molar-refractivity contribution in [2.24, 2.45) is 0 Å². The number of nitrogens with zero attached hydrogens (tertiary/aromatic N) is 1. The van der Waals surface area contributed by atoms with E-state index in [1.165, 1.54) is 6.42 Å². The number of carboxylic acids is 2. The third-order valence-electron chi connectivity index (χ3n) is 3.35. The van der Waals surface area contributed by atoms with E-state index in [1.807, 2.05) is 30.3 Å². The third kappa shape index (κ3) is 6.27. The second-order valence-corrected chi connectivity index (χ2v) is 5.05. The highest BCUT2D eigenvalue weighted by Crippen LogP contribution is 2.24. The fraction of sp³-hybridized carbons (Fsp3) is 0.467. The Bertz CT molecular complexity index is 513. The summed E-state index contributed by atoms with van der Waals surface area (Å²) in [6, 6.07) is 9.03. The standard InChI is InChI=1S/C13H17NO2.C2HF3O2/c15-13(16)12(11-7-3-1-4-8-11)14-9-5-2-6-10-14;3-2(4,5)1(6)7/h1,3-4,7-8,12H,2,5-6,9-10H2,(H,15,16);(H,6,7)/t12-;/m1./s1. The van der Waals surface area contributed by atoms with Gasteiger partial charge in [0.25, 0.3) is 0 Å². The monoisotopic (exact) mass is 333 g/mol. The molecule has 0 spiro atoms. The van der Waals surface area contributed by atoms with Crippen molar-refractivity contribution in [3.05, 3.63) is 35.9 Å². The second kappa shape index (κ2) is 8.52. The van der Waals surface area contributed by atoms with E-state index in [2.05, 4.69) is 4.90 Å². The highest BCUT2D eigenvalue weighted by atomic mass is 19.4. The minimum Gasteiger partial charge on any atom is -0.480 e. The van der Waals surface area contributed by atoms with Gasteiger partial charge in [-0.05, 0) is 31.5 Å². The number of aliphatic carboxylic acids is 2. The summed E-state index contributed by atoms with van der Waals surface area (Å²) in [4.78, 5) is 22.3. The van der Waals surface area contributed by atoms with Gasteiger partial charge in [-0.3, -0.25) is 9.69 Å². The van der Waals surface area contributed by atoms with E-state index in [1.54, 1.807) is 0 Å². The van der Waals surface area contributed by atoms with E-state index >= 15 is 0 Å². The van der Waals surface area contributed by atoms with Crippen LogP contribution in [0.15, 0.2) is 30.3 Å². The first kappa shape index (κ1) is 19.0. The van der Waals surface area contributed by atoms with Gasteiger partial charge < -0.3 is 10.2 Å². The summed E-state index contributed by atoms with van der Waals surface area (Å²) in [5.41, 5.74) is 0.886. The summed E-state index contributed by atoms with van der Waals surface area (Å²) < 4.78 is 31.7. The van der Waals surface area contributed by atoms with E-state index in [4.69, 9.17) is 9.90 Å². The molecule has 2 N–H and O–H groups in total. The van der Waals surface area contributed by atoms with Crippen LogP contribution in [0.1, 0.15) is 30.9 Å². The SMILES string of the molecule is O=C(O)C(F)(F)F.O=C(O)[C@@H](c1ccccc1)N1CCCCC1. The van der Waals surface area contributed by atoms with Crippen molar-refractivity contribution in [2.45, 2.75) is 31.5 Å². The van der Waals surface area contributed by atoms with Crippen LogP contribution >= 0.6 is 0 Å². The van der Waals surface area contributed by atoms with E-state index in [0.29, 0.717) is 0 Å². The van der Waals surface area contributed by atoms with Crippen LogP contribution in [0.5, 0.6) is 0 Å². The molecule has 0 radical (unpaired) electrons. The highest BCUT2D eigenvalue weighted by Gasteiger charge is 2.38. The van der Waals surface area contributed by atoms with Crippen molar-refractivity contribution in [3.8, 4) is 0 Å². The Labute approximate surface area is 131 Å². The van der Waals surface area contributed by atoms with Crippen LogP contribution in [0.4, 0.5) is 13.2 Å². The van der Waals surface area contributed by atoms with Gasteiger partial charge in [0.05, 0.1) is 0 Å². The molecule has 0 aliphatic carbocycles. The van der Waals surface area contributed by atoms with Crippen molar-refractivity contribution in [1.29, 1.82) is 0 Å². The van der Waals surface area contributed by atoms with Crippen LogP contribution in [0.2, 0.25) is 0 Å². The molecule has 1 aromatic rings. The fourth-order valence-electron chi connectivity index (χ4n) is 2.32. The maximum atomic E-state index is 11.4. The Balaban J connectivity index is 0.000000322. The van der Waals surface area contributed by atoms with Crippen LogP contribution in [-0.2, 0) is 9.59 Å². The fourth-order valence-corrected chi connectivity index (χ4v) is 2.32. The molecule has 0 aromatic heterocycles. The quantitative estimate of drug-likeness (QED) is 0.889. The lowest BCUT2D eigenvalue weighted by molar-refractivity contribution is -0.192.